The minimum absolute atomic E-state index is 0.0141. The van der Waals surface area contributed by atoms with Gasteiger partial charge in [0.2, 0.25) is 5.91 Å². The van der Waals surface area contributed by atoms with Gasteiger partial charge < -0.3 is 14.6 Å². The van der Waals surface area contributed by atoms with E-state index < -0.39 is 0 Å². The van der Waals surface area contributed by atoms with Gasteiger partial charge in [-0.1, -0.05) is 6.07 Å². The van der Waals surface area contributed by atoms with E-state index in [4.69, 9.17) is 4.74 Å². The first-order valence-electron chi connectivity index (χ1n) is 6.96. The van der Waals surface area contributed by atoms with Crippen LogP contribution in [0.5, 0.6) is 0 Å². The highest BCUT2D eigenvalue weighted by atomic mass is 16.5. The van der Waals surface area contributed by atoms with Crippen LogP contribution in [0.15, 0.2) is 18.2 Å². The van der Waals surface area contributed by atoms with Crippen molar-refractivity contribution in [3.63, 3.8) is 0 Å². The third-order valence-corrected chi connectivity index (χ3v) is 3.86. The van der Waals surface area contributed by atoms with Crippen molar-refractivity contribution >= 4 is 16.9 Å². The Morgan fingerprint density at radius 1 is 1.55 bits per heavy atom. The average molecular weight is 273 g/mol. The number of amides is 1. The number of nitrogens with zero attached hydrogens (tertiary/aromatic N) is 2. The van der Waals surface area contributed by atoms with Gasteiger partial charge in [-0.2, -0.15) is 0 Å². The zero-order valence-electron chi connectivity index (χ0n) is 11.8. The smallest absolute Gasteiger partial charge is 0.249 e. The van der Waals surface area contributed by atoms with E-state index >= 15 is 0 Å². The van der Waals surface area contributed by atoms with Crippen LogP contribution in [0, 0.1) is 6.92 Å². The van der Waals surface area contributed by atoms with E-state index in [1.165, 1.54) is 0 Å². The summed E-state index contributed by atoms with van der Waals surface area (Å²) in [6.07, 6.45) is 1.53. The lowest BCUT2D eigenvalue weighted by Crippen LogP contribution is -2.33. The normalized spacial score (nSPS) is 18.6. The molecule has 1 aliphatic heterocycles. The molecule has 2 aromatic rings. The number of benzene rings is 1. The van der Waals surface area contributed by atoms with Gasteiger partial charge in [0.15, 0.2) is 0 Å². The molecule has 0 radical (unpaired) electrons. The van der Waals surface area contributed by atoms with Gasteiger partial charge in [0.05, 0.1) is 11.0 Å². The van der Waals surface area contributed by atoms with Gasteiger partial charge in [0.25, 0.3) is 0 Å². The fourth-order valence-electron chi connectivity index (χ4n) is 2.56. The number of imidazole rings is 1. The van der Waals surface area contributed by atoms with Crippen molar-refractivity contribution in [1.82, 2.24) is 14.9 Å². The van der Waals surface area contributed by atoms with Crippen molar-refractivity contribution < 1.29 is 9.53 Å². The van der Waals surface area contributed by atoms with Crippen molar-refractivity contribution in [3.8, 4) is 0 Å². The SMILES string of the molecule is Cc1nc2cc(CNC(=O)[C@@H]3CCCO3)ccc2n1C. The number of aryl methyl sites for hydroxylation is 2. The average Bonchev–Trinajstić information content (AvgIpc) is 3.06. The van der Waals surface area contributed by atoms with Crippen LogP contribution in [0.3, 0.4) is 0 Å². The standard InChI is InChI=1S/C15H19N3O2/c1-10-17-12-8-11(5-6-13(12)18(10)2)9-16-15(19)14-4-3-7-20-14/h5-6,8,14H,3-4,7,9H2,1-2H3,(H,16,19)/t14-/m0/s1. The number of rotatable bonds is 3. The summed E-state index contributed by atoms with van der Waals surface area (Å²) >= 11 is 0. The molecule has 0 saturated carbocycles. The first kappa shape index (κ1) is 13.1. The number of fused-ring (bicyclic) bond motifs is 1. The summed E-state index contributed by atoms with van der Waals surface area (Å²) in [5, 5.41) is 2.93. The van der Waals surface area contributed by atoms with Crippen molar-refractivity contribution in [3.05, 3.63) is 29.6 Å². The zero-order valence-corrected chi connectivity index (χ0v) is 11.8. The molecule has 0 aliphatic carbocycles. The maximum atomic E-state index is 11.9. The Morgan fingerprint density at radius 2 is 2.40 bits per heavy atom. The van der Waals surface area contributed by atoms with Gasteiger partial charge in [0.1, 0.15) is 11.9 Å². The highest BCUT2D eigenvalue weighted by molar-refractivity contribution is 5.81. The first-order chi connectivity index (χ1) is 9.65. The van der Waals surface area contributed by atoms with Crippen molar-refractivity contribution in [1.29, 1.82) is 0 Å². The van der Waals surface area contributed by atoms with E-state index in [0.29, 0.717) is 13.2 Å². The lowest BCUT2D eigenvalue weighted by atomic mass is 10.2. The number of hydrogen-bond acceptors (Lipinski definition) is 3. The summed E-state index contributed by atoms with van der Waals surface area (Å²) in [6.45, 7) is 3.19. The molecule has 20 heavy (non-hydrogen) atoms. The Labute approximate surface area is 117 Å². The van der Waals surface area contributed by atoms with Crippen molar-refractivity contribution in [2.24, 2.45) is 7.05 Å². The molecule has 1 amide bonds. The lowest BCUT2D eigenvalue weighted by Gasteiger charge is -2.10. The second kappa shape index (κ2) is 5.25. The summed E-state index contributed by atoms with van der Waals surface area (Å²) < 4.78 is 7.42. The largest absolute Gasteiger partial charge is 0.368 e. The third-order valence-electron chi connectivity index (χ3n) is 3.86. The number of hydrogen-bond donors (Lipinski definition) is 1. The predicted molar refractivity (Wildman–Crippen MR) is 76.3 cm³/mol. The Bertz CT molecular complexity index is 642. The number of aromatic nitrogens is 2. The Hall–Kier alpha value is -1.88. The molecule has 1 aliphatic rings. The topological polar surface area (TPSA) is 56.1 Å². The molecule has 1 aromatic carbocycles. The first-order valence-corrected chi connectivity index (χ1v) is 6.96. The van der Waals surface area contributed by atoms with Crippen LogP contribution < -0.4 is 5.32 Å². The molecule has 0 bridgehead atoms. The lowest BCUT2D eigenvalue weighted by molar-refractivity contribution is -0.130. The minimum atomic E-state index is -0.268. The molecule has 1 saturated heterocycles. The number of carbonyl (C=O) groups excluding carboxylic acids is 1. The maximum Gasteiger partial charge on any atom is 0.249 e. The second-order valence-electron chi connectivity index (χ2n) is 5.26. The zero-order chi connectivity index (χ0) is 14.1. The van der Waals surface area contributed by atoms with E-state index in [0.717, 1.165) is 35.3 Å². The molecule has 1 N–H and O–H groups in total. The summed E-state index contributed by atoms with van der Waals surface area (Å²) in [7, 11) is 2.00. The predicted octanol–water partition coefficient (Wildman–Crippen LogP) is 1.68. The summed E-state index contributed by atoms with van der Waals surface area (Å²) in [4.78, 5) is 16.4. The van der Waals surface area contributed by atoms with E-state index in [-0.39, 0.29) is 12.0 Å². The summed E-state index contributed by atoms with van der Waals surface area (Å²) in [6, 6.07) is 6.10. The highest BCUT2D eigenvalue weighted by Crippen LogP contribution is 2.17. The molecule has 1 atom stereocenters. The molecule has 0 unspecified atom stereocenters. The summed E-state index contributed by atoms with van der Waals surface area (Å²) in [5.74, 6) is 0.973. The molecule has 5 nitrogen and oxygen atoms in total. The molecular formula is C15H19N3O2. The number of ether oxygens (including phenoxy) is 1. The monoisotopic (exact) mass is 273 g/mol. The molecule has 106 valence electrons. The Balaban J connectivity index is 1.69. The number of nitrogens with one attached hydrogen (secondary N) is 1. The van der Waals surface area contributed by atoms with Crippen LogP contribution in [0.2, 0.25) is 0 Å². The Morgan fingerprint density at radius 3 is 3.15 bits per heavy atom. The van der Waals surface area contributed by atoms with Gasteiger partial charge >= 0.3 is 0 Å². The minimum Gasteiger partial charge on any atom is -0.368 e. The molecule has 0 spiro atoms. The van der Waals surface area contributed by atoms with E-state index in [1.54, 1.807) is 0 Å². The van der Waals surface area contributed by atoms with Gasteiger partial charge in [0, 0.05) is 20.2 Å². The fraction of sp³-hybridized carbons (Fsp3) is 0.467. The van der Waals surface area contributed by atoms with Gasteiger partial charge in [-0.15, -0.1) is 0 Å². The van der Waals surface area contributed by atoms with Gasteiger partial charge in [-0.05, 0) is 37.5 Å². The second-order valence-corrected chi connectivity index (χ2v) is 5.26. The number of carbonyl (C=O) groups is 1. The van der Waals surface area contributed by atoms with Crippen LogP contribution in [0.4, 0.5) is 0 Å². The van der Waals surface area contributed by atoms with E-state index in [9.17, 15) is 4.79 Å². The Kier molecular flexibility index (Phi) is 3.44. The van der Waals surface area contributed by atoms with Crippen LogP contribution in [0.1, 0.15) is 24.2 Å². The van der Waals surface area contributed by atoms with Crippen LogP contribution in [-0.4, -0.2) is 28.2 Å². The highest BCUT2D eigenvalue weighted by Gasteiger charge is 2.23. The molecule has 1 aromatic heterocycles. The van der Waals surface area contributed by atoms with Gasteiger partial charge in [-0.25, -0.2) is 4.98 Å². The molecule has 2 heterocycles. The third kappa shape index (κ3) is 2.41. The van der Waals surface area contributed by atoms with Crippen LogP contribution >= 0.6 is 0 Å². The molecule has 5 heteroatoms. The maximum absolute atomic E-state index is 11.9. The van der Waals surface area contributed by atoms with Crippen LogP contribution in [-0.2, 0) is 23.1 Å². The molecule has 3 rings (SSSR count). The van der Waals surface area contributed by atoms with Crippen LogP contribution in [0.25, 0.3) is 11.0 Å². The van der Waals surface area contributed by atoms with Crippen molar-refractivity contribution in [2.75, 3.05) is 6.61 Å². The summed E-state index contributed by atoms with van der Waals surface area (Å²) in [5.41, 5.74) is 3.13. The molecule has 1 fully saturated rings. The fourth-order valence-corrected chi connectivity index (χ4v) is 2.56. The quantitative estimate of drug-likeness (QED) is 0.925. The van der Waals surface area contributed by atoms with E-state index in [2.05, 4.69) is 14.9 Å². The van der Waals surface area contributed by atoms with E-state index in [1.807, 2.05) is 32.2 Å². The van der Waals surface area contributed by atoms with Crippen molar-refractivity contribution in [2.45, 2.75) is 32.4 Å². The molecular weight excluding hydrogens is 254 g/mol. The van der Waals surface area contributed by atoms with Gasteiger partial charge in [-0.3, -0.25) is 4.79 Å².